The third kappa shape index (κ3) is 3.52. The molecule has 0 aromatic carbocycles. The van der Waals surface area contributed by atoms with Crippen LogP contribution in [0.15, 0.2) is 28.8 Å². The van der Waals surface area contributed by atoms with Gasteiger partial charge in [-0.05, 0) is 43.1 Å². The number of hydrogen-bond acceptors (Lipinski definition) is 4. The molecular formula is C18H22N4O2. The molecule has 6 nitrogen and oxygen atoms in total. The van der Waals surface area contributed by atoms with E-state index in [0.717, 1.165) is 43.0 Å². The molecule has 1 atom stereocenters. The summed E-state index contributed by atoms with van der Waals surface area (Å²) in [5.41, 5.74) is 1.82. The van der Waals surface area contributed by atoms with E-state index in [4.69, 9.17) is 9.68 Å². The second-order valence-electron chi connectivity index (χ2n) is 6.30. The molecule has 24 heavy (non-hydrogen) atoms. The molecule has 1 aliphatic heterocycles. The maximum absolute atomic E-state index is 11.0. The van der Waals surface area contributed by atoms with Crippen LogP contribution in [-0.2, 0) is 24.9 Å². The van der Waals surface area contributed by atoms with E-state index in [-0.39, 0.29) is 11.9 Å². The van der Waals surface area contributed by atoms with E-state index in [2.05, 4.69) is 16.3 Å². The zero-order valence-electron chi connectivity index (χ0n) is 14.1. The van der Waals surface area contributed by atoms with E-state index in [9.17, 15) is 4.79 Å². The maximum Gasteiger partial charge on any atom is 0.217 e. The zero-order valence-corrected chi connectivity index (χ0v) is 14.1. The lowest BCUT2D eigenvalue weighted by Gasteiger charge is -2.22. The lowest BCUT2D eigenvalue weighted by molar-refractivity contribution is -0.119. The average Bonchev–Trinajstić information content (AvgIpc) is 3.25. The smallest absolute Gasteiger partial charge is 0.217 e. The van der Waals surface area contributed by atoms with Crippen LogP contribution in [0.5, 0.6) is 0 Å². The summed E-state index contributed by atoms with van der Waals surface area (Å²) in [7, 11) is 1.89. The van der Waals surface area contributed by atoms with E-state index in [1.54, 1.807) is 0 Å². The third-order valence-electron chi connectivity index (χ3n) is 4.45. The van der Waals surface area contributed by atoms with Crippen molar-refractivity contribution < 1.29 is 9.21 Å². The van der Waals surface area contributed by atoms with Crippen LogP contribution in [-0.4, -0.2) is 21.9 Å². The van der Waals surface area contributed by atoms with Gasteiger partial charge in [0.15, 0.2) is 0 Å². The minimum atomic E-state index is -0.0622. The van der Waals surface area contributed by atoms with Gasteiger partial charge in [-0.3, -0.25) is 9.69 Å². The van der Waals surface area contributed by atoms with E-state index in [0.29, 0.717) is 12.2 Å². The Bertz CT molecular complexity index is 768. The van der Waals surface area contributed by atoms with Crippen LogP contribution in [0, 0.1) is 11.3 Å². The van der Waals surface area contributed by atoms with Gasteiger partial charge >= 0.3 is 0 Å². The fraction of sp³-hybridized carbons (Fsp3) is 0.444. The molecule has 1 amide bonds. The van der Waals surface area contributed by atoms with Crippen LogP contribution in [0.25, 0.3) is 0 Å². The Kier molecular flexibility index (Phi) is 4.72. The lowest BCUT2D eigenvalue weighted by Crippen LogP contribution is -2.22. The number of nitrogens with one attached hydrogen (secondary N) is 1. The van der Waals surface area contributed by atoms with Crippen molar-refractivity contribution in [1.82, 2.24) is 14.8 Å². The number of carbonyl (C=O) groups is 1. The first-order chi connectivity index (χ1) is 11.6. The molecule has 1 saturated heterocycles. The maximum atomic E-state index is 11.0. The van der Waals surface area contributed by atoms with Crippen molar-refractivity contribution in [2.24, 2.45) is 7.05 Å². The van der Waals surface area contributed by atoms with Gasteiger partial charge in [-0.25, -0.2) is 0 Å². The first-order valence-electron chi connectivity index (χ1n) is 8.19. The normalized spacial score (nSPS) is 17.8. The molecule has 1 unspecified atom stereocenters. The molecule has 1 fully saturated rings. The van der Waals surface area contributed by atoms with Gasteiger partial charge < -0.3 is 14.3 Å². The molecule has 0 saturated carbocycles. The van der Waals surface area contributed by atoms with Crippen molar-refractivity contribution in [3.8, 4) is 6.07 Å². The molecule has 0 aliphatic carbocycles. The monoisotopic (exact) mass is 326 g/mol. The Hall–Kier alpha value is -2.52. The highest BCUT2D eigenvalue weighted by molar-refractivity contribution is 5.72. The number of carbonyl (C=O) groups excluding carboxylic acids is 1. The summed E-state index contributed by atoms with van der Waals surface area (Å²) in [4.78, 5) is 13.4. The highest BCUT2D eigenvalue weighted by Gasteiger charge is 2.28. The van der Waals surface area contributed by atoms with Crippen molar-refractivity contribution in [3.63, 3.8) is 0 Å². The summed E-state index contributed by atoms with van der Waals surface area (Å²) in [5.74, 6) is 1.66. The van der Waals surface area contributed by atoms with Crippen LogP contribution in [0.3, 0.4) is 0 Å². The average molecular weight is 326 g/mol. The molecule has 3 heterocycles. The SMILES string of the molecule is CC(=O)NCc1ccc(C2CCCN2Cc2cc(C#N)n(C)c2)o1. The first kappa shape index (κ1) is 16.3. The van der Waals surface area contributed by atoms with Crippen LogP contribution < -0.4 is 5.32 Å². The lowest BCUT2D eigenvalue weighted by atomic mass is 10.1. The van der Waals surface area contributed by atoms with Gasteiger partial charge in [-0.15, -0.1) is 0 Å². The summed E-state index contributed by atoms with van der Waals surface area (Å²) in [6.07, 6.45) is 4.20. The predicted octanol–water partition coefficient (Wildman–Crippen LogP) is 2.46. The van der Waals surface area contributed by atoms with Crippen molar-refractivity contribution in [2.45, 2.75) is 38.9 Å². The topological polar surface area (TPSA) is 74.2 Å². The summed E-state index contributed by atoms with van der Waals surface area (Å²) in [6, 6.07) is 8.33. The van der Waals surface area contributed by atoms with E-state index < -0.39 is 0 Å². The molecular weight excluding hydrogens is 304 g/mol. The molecule has 0 radical (unpaired) electrons. The third-order valence-corrected chi connectivity index (χ3v) is 4.45. The highest BCUT2D eigenvalue weighted by Crippen LogP contribution is 2.34. The number of furan rings is 1. The number of aromatic nitrogens is 1. The molecule has 3 rings (SSSR count). The van der Waals surface area contributed by atoms with Crippen LogP contribution >= 0.6 is 0 Å². The molecule has 1 N–H and O–H groups in total. The summed E-state index contributed by atoms with van der Waals surface area (Å²) in [5, 5.41) is 11.8. The number of rotatable bonds is 5. The second kappa shape index (κ2) is 6.93. The van der Waals surface area contributed by atoms with Gasteiger partial charge in [-0.1, -0.05) is 0 Å². The largest absolute Gasteiger partial charge is 0.463 e. The van der Waals surface area contributed by atoms with E-state index in [1.807, 2.05) is 36.0 Å². The fourth-order valence-corrected chi connectivity index (χ4v) is 3.28. The predicted molar refractivity (Wildman–Crippen MR) is 88.7 cm³/mol. The van der Waals surface area contributed by atoms with Gasteiger partial charge in [0.2, 0.25) is 5.91 Å². The van der Waals surface area contributed by atoms with Gasteiger partial charge in [-0.2, -0.15) is 5.26 Å². The van der Waals surface area contributed by atoms with Crippen LogP contribution in [0.1, 0.15) is 48.6 Å². The highest BCUT2D eigenvalue weighted by atomic mass is 16.3. The molecule has 1 aliphatic rings. The number of hydrogen-bond donors (Lipinski definition) is 1. The van der Waals surface area contributed by atoms with E-state index >= 15 is 0 Å². The zero-order chi connectivity index (χ0) is 17.1. The number of nitriles is 1. The molecule has 6 heteroatoms. The summed E-state index contributed by atoms with van der Waals surface area (Å²) < 4.78 is 7.78. The van der Waals surface area contributed by atoms with Crippen LogP contribution in [0.4, 0.5) is 0 Å². The second-order valence-corrected chi connectivity index (χ2v) is 6.30. The Morgan fingerprint density at radius 2 is 2.33 bits per heavy atom. The number of likely N-dealkylation sites (tertiary alicyclic amines) is 1. The van der Waals surface area contributed by atoms with Crippen molar-refractivity contribution in [1.29, 1.82) is 5.26 Å². The summed E-state index contributed by atoms with van der Waals surface area (Å²) >= 11 is 0. The molecule has 126 valence electrons. The Morgan fingerprint density at radius 1 is 1.50 bits per heavy atom. The van der Waals surface area contributed by atoms with Gasteiger partial charge in [0.05, 0.1) is 12.6 Å². The Morgan fingerprint density at radius 3 is 3.04 bits per heavy atom. The fourth-order valence-electron chi connectivity index (χ4n) is 3.28. The van der Waals surface area contributed by atoms with Gasteiger partial charge in [0.25, 0.3) is 0 Å². The van der Waals surface area contributed by atoms with Gasteiger partial charge in [0.1, 0.15) is 23.3 Å². The van der Waals surface area contributed by atoms with Crippen molar-refractivity contribution in [3.05, 3.63) is 47.2 Å². The Labute approximate surface area is 141 Å². The quantitative estimate of drug-likeness (QED) is 0.916. The first-order valence-corrected chi connectivity index (χ1v) is 8.19. The van der Waals surface area contributed by atoms with Crippen molar-refractivity contribution in [2.75, 3.05) is 6.54 Å². The molecule has 0 spiro atoms. The minimum Gasteiger partial charge on any atom is -0.463 e. The standard InChI is InChI=1S/C18H22N4O2/c1-13(23)20-10-16-5-6-18(24-16)17-4-3-7-22(17)12-14-8-15(9-19)21(2)11-14/h5-6,8,11,17H,3-4,7,10,12H2,1-2H3,(H,20,23). The number of amides is 1. The van der Waals surface area contributed by atoms with Crippen molar-refractivity contribution >= 4 is 5.91 Å². The van der Waals surface area contributed by atoms with E-state index in [1.165, 1.54) is 6.92 Å². The molecule has 0 bridgehead atoms. The summed E-state index contributed by atoms with van der Waals surface area (Å²) in [6.45, 7) is 3.75. The minimum absolute atomic E-state index is 0.0622. The number of aryl methyl sites for hydroxylation is 1. The molecule has 2 aromatic heterocycles. The van der Waals surface area contributed by atoms with Crippen LogP contribution in [0.2, 0.25) is 0 Å². The van der Waals surface area contributed by atoms with Gasteiger partial charge in [0, 0.05) is 26.7 Å². The number of nitrogens with zero attached hydrogens (tertiary/aromatic N) is 3. The Balaban J connectivity index is 1.69. The molecule has 2 aromatic rings.